The summed E-state index contributed by atoms with van der Waals surface area (Å²) in [5, 5.41) is 6.45. The molecule has 0 aliphatic heterocycles. The Hall–Kier alpha value is -2.73. The average Bonchev–Trinajstić information content (AvgIpc) is 2.86. The second-order valence-electron chi connectivity index (χ2n) is 5.21. The van der Waals surface area contributed by atoms with E-state index in [9.17, 15) is 9.59 Å². The van der Waals surface area contributed by atoms with Crippen molar-refractivity contribution in [3.05, 3.63) is 58.0 Å². The summed E-state index contributed by atoms with van der Waals surface area (Å²) in [6.45, 7) is 1.75. The first-order chi connectivity index (χ1) is 11.0. The number of rotatable bonds is 4. The van der Waals surface area contributed by atoms with Crippen molar-refractivity contribution in [3.63, 3.8) is 0 Å². The normalized spacial score (nSPS) is 12.1. The van der Waals surface area contributed by atoms with Crippen LogP contribution < -0.4 is 16.3 Å². The lowest BCUT2D eigenvalue weighted by Crippen LogP contribution is -2.31. The zero-order chi connectivity index (χ0) is 16.4. The number of carbonyl (C=O) groups excluding carboxylic acids is 1. The monoisotopic (exact) mass is 330 g/mol. The average molecular weight is 331 g/mol. The van der Waals surface area contributed by atoms with Gasteiger partial charge in [-0.3, -0.25) is 4.79 Å². The van der Waals surface area contributed by atoms with Crippen molar-refractivity contribution in [1.82, 2.24) is 9.97 Å². The summed E-state index contributed by atoms with van der Waals surface area (Å²) in [5.74, 6) is -0.185. The van der Waals surface area contributed by atoms with E-state index in [0.717, 1.165) is 11.2 Å². The van der Waals surface area contributed by atoms with E-state index in [-0.39, 0.29) is 11.6 Å². The number of amides is 1. The van der Waals surface area contributed by atoms with Crippen molar-refractivity contribution < 1.29 is 4.79 Å². The topological polar surface area (TPSA) is 89.8 Å². The van der Waals surface area contributed by atoms with Crippen molar-refractivity contribution in [2.75, 3.05) is 10.6 Å². The molecule has 1 amide bonds. The first-order valence-electron chi connectivity index (χ1n) is 7.06. The van der Waals surface area contributed by atoms with E-state index in [0.29, 0.717) is 16.2 Å². The molecule has 0 saturated carbocycles. The lowest BCUT2D eigenvalue weighted by molar-refractivity contribution is -0.116. The number of imidazole rings is 1. The van der Waals surface area contributed by atoms with E-state index >= 15 is 0 Å². The van der Waals surface area contributed by atoms with Gasteiger partial charge in [-0.15, -0.1) is 0 Å². The third-order valence-corrected chi connectivity index (χ3v) is 3.62. The van der Waals surface area contributed by atoms with Crippen molar-refractivity contribution in [3.8, 4) is 0 Å². The van der Waals surface area contributed by atoms with E-state index in [1.165, 1.54) is 0 Å². The minimum Gasteiger partial charge on any atom is -0.374 e. The van der Waals surface area contributed by atoms with Crippen LogP contribution in [0.15, 0.2) is 47.3 Å². The molecule has 1 atom stereocenters. The largest absolute Gasteiger partial charge is 0.374 e. The van der Waals surface area contributed by atoms with Crippen LogP contribution in [0.5, 0.6) is 0 Å². The number of aromatic nitrogens is 2. The van der Waals surface area contributed by atoms with Gasteiger partial charge in [-0.1, -0.05) is 17.7 Å². The van der Waals surface area contributed by atoms with Gasteiger partial charge in [0.05, 0.1) is 11.0 Å². The van der Waals surface area contributed by atoms with Crippen LogP contribution in [-0.4, -0.2) is 21.9 Å². The predicted octanol–water partition coefficient (Wildman–Crippen LogP) is 2.95. The number of anilines is 2. The molecule has 0 aliphatic rings. The summed E-state index contributed by atoms with van der Waals surface area (Å²) in [5.41, 5.74) is 2.52. The molecule has 23 heavy (non-hydrogen) atoms. The first-order valence-corrected chi connectivity index (χ1v) is 7.44. The first kappa shape index (κ1) is 15.2. The van der Waals surface area contributed by atoms with Gasteiger partial charge in [0.25, 0.3) is 0 Å². The number of aromatic amines is 2. The van der Waals surface area contributed by atoms with Gasteiger partial charge in [0, 0.05) is 16.4 Å². The number of nitrogens with one attached hydrogen (secondary N) is 4. The lowest BCUT2D eigenvalue weighted by atomic mass is 10.2. The highest BCUT2D eigenvalue weighted by Crippen LogP contribution is 2.17. The van der Waals surface area contributed by atoms with Gasteiger partial charge in [0.2, 0.25) is 5.91 Å². The third-order valence-electron chi connectivity index (χ3n) is 3.38. The van der Waals surface area contributed by atoms with E-state index in [4.69, 9.17) is 11.6 Å². The molecule has 0 spiro atoms. The molecule has 118 valence electrons. The molecule has 0 aliphatic carbocycles. The van der Waals surface area contributed by atoms with Crippen LogP contribution in [0.1, 0.15) is 6.92 Å². The molecule has 0 radical (unpaired) electrons. The quantitative estimate of drug-likeness (QED) is 0.593. The van der Waals surface area contributed by atoms with Gasteiger partial charge < -0.3 is 20.6 Å². The molecular formula is C16H15ClN4O2. The van der Waals surface area contributed by atoms with Gasteiger partial charge in [0.15, 0.2) is 0 Å². The van der Waals surface area contributed by atoms with Crippen molar-refractivity contribution in [2.24, 2.45) is 0 Å². The Morgan fingerprint density at radius 2 is 1.87 bits per heavy atom. The minimum absolute atomic E-state index is 0.185. The maximum Gasteiger partial charge on any atom is 0.323 e. The number of halogens is 1. The Balaban J connectivity index is 1.70. The van der Waals surface area contributed by atoms with Crippen LogP contribution in [0.25, 0.3) is 11.0 Å². The molecule has 0 bridgehead atoms. The molecular weight excluding hydrogens is 316 g/mol. The highest BCUT2D eigenvalue weighted by Gasteiger charge is 2.13. The lowest BCUT2D eigenvalue weighted by Gasteiger charge is -2.15. The molecule has 0 saturated heterocycles. The van der Waals surface area contributed by atoms with Gasteiger partial charge >= 0.3 is 5.69 Å². The molecule has 3 rings (SSSR count). The van der Waals surface area contributed by atoms with Crippen LogP contribution in [-0.2, 0) is 4.79 Å². The molecule has 7 heteroatoms. The molecule has 6 nitrogen and oxygen atoms in total. The number of benzene rings is 2. The van der Waals surface area contributed by atoms with E-state index in [1.807, 2.05) is 0 Å². The highest BCUT2D eigenvalue weighted by molar-refractivity contribution is 6.30. The Morgan fingerprint density at radius 1 is 1.09 bits per heavy atom. The standard InChI is InChI=1S/C16H15ClN4O2/c1-9(15(22)19-11-4-2-3-10(17)7-11)18-12-5-6-13-14(8-12)21-16(23)20-13/h2-9,18H,1H3,(H,19,22)(H2,20,21,23). The summed E-state index contributed by atoms with van der Waals surface area (Å²) in [7, 11) is 0. The summed E-state index contributed by atoms with van der Waals surface area (Å²) >= 11 is 5.90. The number of fused-ring (bicyclic) bond motifs is 1. The molecule has 0 fully saturated rings. The Kier molecular flexibility index (Phi) is 4.08. The van der Waals surface area contributed by atoms with Crippen LogP contribution in [0, 0.1) is 0 Å². The summed E-state index contributed by atoms with van der Waals surface area (Å²) in [4.78, 5) is 28.8. The third kappa shape index (κ3) is 3.54. The molecule has 1 aromatic heterocycles. The van der Waals surface area contributed by atoms with Gasteiger partial charge in [0.1, 0.15) is 6.04 Å². The van der Waals surface area contributed by atoms with Crippen LogP contribution in [0.3, 0.4) is 0 Å². The summed E-state index contributed by atoms with van der Waals surface area (Å²) < 4.78 is 0. The number of H-pyrrole nitrogens is 2. The van der Waals surface area contributed by atoms with Crippen molar-refractivity contribution in [2.45, 2.75) is 13.0 Å². The van der Waals surface area contributed by atoms with Crippen LogP contribution >= 0.6 is 11.6 Å². The SMILES string of the molecule is CC(Nc1ccc2[nH]c(=O)[nH]c2c1)C(=O)Nc1cccc(Cl)c1. The number of hydrogen-bond acceptors (Lipinski definition) is 3. The minimum atomic E-state index is -0.461. The fourth-order valence-electron chi connectivity index (χ4n) is 2.25. The second kappa shape index (κ2) is 6.18. The van der Waals surface area contributed by atoms with Gasteiger partial charge in [-0.25, -0.2) is 4.79 Å². The Morgan fingerprint density at radius 3 is 2.65 bits per heavy atom. The summed E-state index contributed by atoms with van der Waals surface area (Å²) in [6, 6.07) is 11.9. The van der Waals surface area contributed by atoms with E-state index in [2.05, 4.69) is 20.6 Å². The van der Waals surface area contributed by atoms with Gasteiger partial charge in [-0.2, -0.15) is 0 Å². The Labute approximate surface area is 136 Å². The molecule has 1 unspecified atom stereocenters. The molecule has 1 heterocycles. The summed E-state index contributed by atoms with van der Waals surface area (Å²) in [6.07, 6.45) is 0. The van der Waals surface area contributed by atoms with Gasteiger partial charge in [-0.05, 0) is 43.3 Å². The fraction of sp³-hybridized carbons (Fsp3) is 0.125. The number of carbonyl (C=O) groups is 1. The van der Waals surface area contributed by atoms with E-state index < -0.39 is 6.04 Å². The smallest absolute Gasteiger partial charge is 0.323 e. The van der Waals surface area contributed by atoms with Crippen molar-refractivity contribution >= 4 is 39.9 Å². The zero-order valence-electron chi connectivity index (χ0n) is 12.3. The van der Waals surface area contributed by atoms with Crippen LogP contribution in [0.2, 0.25) is 5.02 Å². The highest BCUT2D eigenvalue weighted by atomic mass is 35.5. The zero-order valence-corrected chi connectivity index (χ0v) is 13.1. The van der Waals surface area contributed by atoms with E-state index in [1.54, 1.807) is 49.4 Å². The predicted molar refractivity (Wildman–Crippen MR) is 92.1 cm³/mol. The Bertz CT molecular complexity index is 916. The molecule has 2 aromatic carbocycles. The molecule has 4 N–H and O–H groups in total. The van der Waals surface area contributed by atoms with Crippen molar-refractivity contribution in [1.29, 1.82) is 0 Å². The van der Waals surface area contributed by atoms with Crippen LogP contribution in [0.4, 0.5) is 11.4 Å². The number of hydrogen-bond donors (Lipinski definition) is 4. The fourth-order valence-corrected chi connectivity index (χ4v) is 2.44. The maximum atomic E-state index is 12.2. The maximum absolute atomic E-state index is 12.2. The second-order valence-corrected chi connectivity index (χ2v) is 5.64. The molecule has 3 aromatic rings.